The highest BCUT2D eigenvalue weighted by molar-refractivity contribution is 5.48. The molecule has 1 N–H and O–H groups in total. The van der Waals surface area contributed by atoms with Crippen molar-refractivity contribution in [1.29, 1.82) is 0 Å². The minimum Gasteiger partial charge on any atom is -0.317 e. The Labute approximate surface area is 120 Å². The zero-order chi connectivity index (χ0) is 14.5. The van der Waals surface area contributed by atoms with Gasteiger partial charge in [-0.15, -0.1) is 0 Å². The molecule has 1 rings (SSSR count). The Hall–Kier alpha value is -0.410. The SMILES string of the molecule is CCC=O.CNC1CCN(CCCCC(C)C)CC1. The average Bonchev–Trinajstić information content (AvgIpc) is 2.44. The Morgan fingerprint density at radius 2 is 1.84 bits per heavy atom. The van der Waals surface area contributed by atoms with Crippen LogP contribution in [0.25, 0.3) is 0 Å². The highest BCUT2D eigenvalue weighted by Gasteiger charge is 2.16. The number of hydrogen-bond acceptors (Lipinski definition) is 3. The zero-order valence-electron chi connectivity index (χ0n) is 13.5. The topological polar surface area (TPSA) is 32.3 Å². The van der Waals surface area contributed by atoms with Crippen molar-refractivity contribution in [3.8, 4) is 0 Å². The summed E-state index contributed by atoms with van der Waals surface area (Å²) in [6, 6.07) is 0.775. The van der Waals surface area contributed by atoms with E-state index in [1.807, 2.05) is 6.92 Å². The van der Waals surface area contributed by atoms with Crippen LogP contribution in [0.15, 0.2) is 0 Å². The van der Waals surface area contributed by atoms with Gasteiger partial charge in [0.1, 0.15) is 6.29 Å². The fourth-order valence-electron chi connectivity index (χ4n) is 2.33. The van der Waals surface area contributed by atoms with Crippen molar-refractivity contribution >= 4 is 6.29 Å². The molecule has 0 saturated carbocycles. The van der Waals surface area contributed by atoms with E-state index < -0.39 is 0 Å². The van der Waals surface area contributed by atoms with E-state index in [4.69, 9.17) is 0 Å². The standard InChI is InChI=1S/C13H28N2.C3H6O/c1-12(2)6-4-5-9-15-10-7-13(14-3)8-11-15;1-2-3-4/h12-14H,4-11H2,1-3H3;3H,2H2,1H3. The summed E-state index contributed by atoms with van der Waals surface area (Å²) in [5, 5.41) is 3.38. The van der Waals surface area contributed by atoms with Crippen molar-refractivity contribution in [2.75, 3.05) is 26.7 Å². The van der Waals surface area contributed by atoms with Crippen LogP contribution in [-0.2, 0) is 4.79 Å². The number of carbonyl (C=O) groups is 1. The molecule has 0 aromatic rings. The van der Waals surface area contributed by atoms with E-state index in [2.05, 4.69) is 31.1 Å². The van der Waals surface area contributed by atoms with Gasteiger partial charge in [-0.3, -0.25) is 0 Å². The highest BCUT2D eigenvalue weighted by atomic mass is 16.1. The van der Waals surface area contributed by atoms with Crippen molar-refractivity contribution in [2.24, 2.45) is 5.92 Å². The first-order valence-corrected chi connectivity index (χ1v) is 7.97. The Morgan fingerprint density at radius 3 is 2.26 bits per heavy atom. The number of aldehydes is 1. The second-order valence-electron chi connectivity index (χ2n) is 5.87. The average molecular weight is 270 g/mol. The lowest BCUT2D eigenvalue weighted by molar-refractivity contribution is -0.107. The van der Waals surface area contributed by atoms with Crippen LogP contribution in [0, 0.1) is 5.92 Å². The second kappa shape index (κ2) is 12.6. The lowest BCUT2D eigenvalue weighted by atomic mass is 10.0. The van der Waals surface area contributed by atoms with Gasteiger partial charge in [-0.1, -0.05) is 33.6 Å². The molecule has 1 fully saturated rings. The molecule has 0 aromatic carbocycles. The molecule has 19 heavy (non-hydrogen) atoms. The molecule has 0 aromatic heterocycles. The summed E-state index contributed by atoms with van der Waals surface area (Å²) in [4.78, 5) is 11.8. The maximum absolute atomic E-state index is 9.17. The summed E-state index contributed by atoms with van der Waals surface area (Å²) < 4.78 is 0. The Bertz CT molecular complexity index is 199. The number of nitrogens with zero attached hydrogens (tertiary/aromatic N) is 1. The van der Waals surface area contributed by atoms with E-state index >= 15 is 0 Å². The van der Waals surface area contributed by atoms with Crippen LogP contribution in [0.5, 0.6) is 0 Å². The molecule has 3 nitrogen and oxygen atoms in total. The van der Waals surface area contributed by atoms with E-state index in [9.17, 15) is 4.79 Å². The molecule has 0 amide bonds. The first-order chi connectivity index (χ1) is 9.13. The van der Waals surface area contributed by atoms with Crippen molar-refractivity contribution < 1.29 is 4.79 Å². The van der Waals surface area contributed by atoms with Crippen molar-refractivity contribution in [3.05, 3.63) is 0 Å². The van der Waals surface area contributed by atoms with Crippen LogP contribution >= 0.6 is 0 Å². The molecule has 1 aliphatic heterocycles. The summed E-state index contributed by atoms with van der Waals surface area (Å²) in [5.74, 6) is 0.875. The van der Waals surface area contributed by atoms with Crippen LogP contribution in [0.1, 0.15) is 59.3 Å². The quantitative estimate of drug-likeness (QED) is 0.570. The third-order valence-electron chi connectivity index (χ3n) is 3.67. The number of carbonyl (C=O) groups excluding carboxylic acids is 1. The number of unbranched alkanes of at least 4 members (excludes halogenated alkanes) is 1. The monoisotopic (exact) mass is 270 g/mol. The number of likely N-dealkylation sites (tertiary alicyclic amines) is 1. The van der Waals surface area contributed by atoms with E-state index in [1.165, 1.54) is 51.7 Å². The first kappa shape index (κ1) is 18.6. The minimum atomic E-state index is 0.639. The Kier molecular flexibility index (Phi) is 12.3. The minimum absolute atomic E-state index is 0.639. The van der Waals surface area contributed by atoms with Gasteiger partial charge in [0.2, 0.25) is 0 Å². The lowest BCUT2D eigenvalue weighted by Gasteiger charge is -2.31. The molecule has 1 saturated heterocycles. The van der Waals surface area contributed by atoms with E-state index in [1.54, 1.807) is 0 Å². The van der Waals surface area contributed by atoms with Gasteiger partial charge in [0.05, 0.1) is 0 Å². The van der Waals surface area contributed by atoms with Crippen LogP contribution in [0.4, 0.5) is 0 Å². The van der Waals surface area contributed by atoms with Gasteiger partial charge in [0.15, 0.2) is 0 Å². The van der Waals surface area contributed by atoms with E-state index in [0.717, 1.165) is 18.2 Å². The van der Waals surface area contributed by atoms with Gasteiger partial charge in [0.25, 0.3) is 0 Å². The van der Waals surface area contributed by atoms with Gasteiger partial charge < -0.3 is 15.0 Å². The first-order valence-electron chi connectivity index (χ1n) is 7.97. The fourth-order valence-corrected chi connectivity index (χ4v) is 2.33. The maximum Gasteiger partial charge on any atom is 0.119 e. The van der Waals surface area contributed by atoms with Crippen LogP contribution < -0.4 is 5.32 Å². The second-order valence-corrected chi connectivity index (χ2v) is 5.87. The summed E-state index contributed by atoms with van der Waals surface area (Å²) in [6.45, 7) is 10.4. The predicted molar refractivity (Wildman–Crippen MR) is 83.6 cm³/mol. The summed E-state index contributed by atoms with van der Waals surface area (Å²) in [7, 11) is 2.09. The molecule has 1 aliphatic rings. The third kappa shape index (κ3) is 11.1. The molecule has 0 unspecified atom stereocenters. The normalized spacial score (nSPS) is 17.1. The Morgan fingerprint density at radius 1 is 1.26 bits per heavy atom. The molecule has 0 bridgehead atoms. The molecule has 114 valence electrons. The van der Waals surface area contributed by atoms with Crippen molar-refractivity contribution in [2.45, 2.75) is 65.3 Å². The molecular formula is C16H34N2O. The number of hydrogen-bond donors (Lipinski definition) is 1. The summed E-state index contributed by atoms with van der Waals surface area (Å²) in [6.07, 6.45) is 8.38. The number of nitrogens with one attached hydrogen (secondary N) is 1. The molecule has 1 heterocycles. The maximum atomic E-state index is 9.17. The molecule has 0 aliphatic carbocycles. The number of rotatable bonds is 7. The largest absolute Gasteiger partial charge is 0.317 e. The van der Waals surface area contributed by atoms with Crippen molar-refractivity contribution in [1.82, 2.24) is 10.2 Å². The van der Waals surface area contributed by atoms with Gasteiger partial charge in [0, 0.05) is 12.5 Å². The molecule has 0 radical (unpaired) electrons. The molecule has 3 heteroatoms. The zero-order valence-corrected chi connectivity index (χ0v) is 13.5. The summed E-state index contributed by atoms with van der Waals surface area (Å²) in [5.41, 5.74) is 0. The number of piperidine rings is 1. The van der Waals surface area contributed by atoms with E-state index in [0.29, 0.717) is 6.42 Å². The van der Waals surface area contributed by atoms with Gasteiger partial charge in [-0.2, -0.15) is 0 Å². The Balaban J connectivity index is 0.000000711. The van der Waals surface area contributed by atoms with Crippen LogP contribution in [0.3, 0.4) is 0 Å². The fraction of sp³-hybridized carbons (Fsp3) is 0.938. The highest BCUT2D eigenvalue weighted by Crippen LogP contribution is 2.12. The van der Waals surface area contributed by atoms with Gasteiger partial charge >= 0.3 is 0 Å². The van der Waals surface area contributed by atoms with Crippen molar-refractivity contribution in [3.63, 3.8) is 0 Å². The van der Waals surface area contributed by atoms with Gasteiger partial charge in [-0.05, 0) is 51.9 Å². The van der Waals surface area contributed by atoms with E-state index in [-0.39, 0.29) is 0 Å². The molecule has 0 atom stereocenters. The van der Waals surface area contributed by atoms with Crippen LogP contribution in [0.2, 0.25) is 0 Å². The predicted octanol–water partition coefficient (Wildman–Crippen LogP) is 3.09. The molecular weight excluding hydrogens is 236 g/mol. The molecule has 0 spiro atoms. The third-order valence-corrected chi connectivity index (χ3v) is 3.67. The van der Waals surface area contributed by atoms with Crippen LogP contribution in [-0.4, -0.2) is 43.9 Å². The summed E-state index contributed by atoms with van der Waals surface area (Å²) >= 11 is 0. The van der Waals surface area contributed by atoms with Gasteiger partial charge in [-0.25, -0.2) is 0 Å². The lowest BCUT2D eigenvalue weighted by Crippen LogP contribution is -2.41. The smallest absolute Gasteiger partial charge is 0.119 e.